The number of halogens is 1. The number of morpholine rings is 1. The number of hydrogen-bond acceptors (Lipinski definition) is 5. The molecule has 0 N–H and O–H groups in total. The molecule has 7 heteroatoms. The Morgan fingerprint density at radius 1 is 1.76 bits per heavy atom. The first-order chi connectivity index (χ1) is 8.02. The number of aromatic nitrogens is 2. The predicted molar refractivity (Wildman–Crippen MR) is 65.5 cm³/mol. The number of ether oxygens (including phenoxy) is 1. The Labute approximate surface area is 109 Å². The van der Waals surface area contributed by atoms with Crippen molar-refractivity contribution in [2.24, 2.45) is 0 Å². The average Bonchev–Trinajstić information content (AvgIpc) is 2.79. The van der Waals surface area contributed by atoms with E-state index < -0.39 is 0 Å². The van der Waals surface area contributed by atoms with Gasteiger partial charge in [0.2, 0.25) is 0 Å². The molecule has 0 saturated carbocycles. The highest BCUT2D eigenvalue weighted by molar-refractivity contribution is 7.03. The first-order valence-electron chi connectivity index (χ1n) is 5.32. The molecule has 0 spiro atoms. The molecule has 5 nitrogen and oxygen atoms in total. The number of carbonyl (C=O) groups is 1. The zero-order valence-electron chi connectivity index (χ0n) is 9.72. The maximum absolute atomic E-state index is 12.1. The Hall–Kier alpha value is -0.720. The summed E-state index contributed by atoms with van der Waals surface area (Å²) in [6.45, 7) is 4.94. The lowest BCUT2D eigenvalue weighted by Crippen LogP contribution is -2.55. The fraction of sp³-hybridized carbons (Fsp3) is 0.700. The van der Waals surface area contributed by atoms with Crippen LogP contribution in [0.1, 0.15) is 24.3 Å². The molecular formula is C10H14ClN3O2S. The third-order valence-corrected chi connectivity index (χ3v) is 3.37. The van der Waals surface area contributed by atoms with Gasteiger partial charge in [0.05, 0.1) is 17.6 Å². The monoisotopic (exact) mass is 275 g/mol. The van der Waals surface area contributed by atoms with Crippen LogP contribution < -0.4 is 0 Å². The van der Waals surface area contributed by atoms with Gasteiger partial charge in [0.25, 0.3) is 5.91 Å². The van der Waals surface area contributed by atoms with E-state index in [2.05, 4.69) is 9.59 Å². The Bertz CT molecular complexity index is 396. The highest BCUT2D eigenvalue weighted by atomic mass is 35.5. The number of rotatable bonds is 2. The van der Waals surface area contributed by atoms with Crippen LogP contribution in [0.3, 0.4) is 0 Å². The first kappa shape index (κ1) is 12.7. The lowest BCUT2D eigenvalue weighted by molar-refractivity contribution is -0.117. The minimum atomic E-state index is -0.378. The van der Waals surface area contributed by atoms with Gasteiger partial charge in [-0.1, -0.05) is 4.49 Å². The first-order valence-corrected chi connectivity index (χ1v) is 6.69. The van der Waals surface area contributed by atoms with Crippen molar-refractivity contribution in [2.75, 3.05) is 19.0 Å². The normalized spacial score (nSPS) is 23.7. The van der Waals surface area contributed by atoms with Gasteiger partial charge in [0.15, 0.2) is 5.69 Å². The van der Waals surface area contributed by atoms with Crippen LogP contribution in [0, 0.1) is 0 Å². The quantitative estimate of drug-likeness (QED) is 0.766. The smallest absolute Gasteiger partial charge is 0.275 e. The van der Waals surface area contributed by atoms with Gasteiger partial charge in [-0.25, -0.2) is 0 Å². The third-order valence-electron chi connectivity index (χ3n) is 2.52. The molecule has 1 aromatic rings. The largest absolute Gasteiger partial charge is 0.367 e. The number of alkyl halides is 1. The van der Waals surface area contributed by atoms with E-state index >= 15 is 0 Å². The molecule has 1 fully saturated rings. The molecule has 1 saturated heterocycles. The number of hydrogen-bond donors (Lipinski definition) is 0. The van der Waals surface area contributed by atoms with Crippen molar-refractivity contribution in [3.63, 3.8) is 0 Å². The number of nitrogens with zero attached hydrogens (tertiary/aromatic N) is 3. The van der Waals surface area contributed by atoms with Crippen LogP contribution in [0.2, 0.25) is 0 Å². The summed E-state index contributed by atoms with van der Waals surface area (Å²) in [6, 6.07) is 0. The van der Waals surface area contributed by atoms with E-state index in [1.807, 2.05) is 13.8 Å². The van der Waals surface area contributed by atoms with Crippen molar-refractivity contribution in [1.29, 1.82) is 0 Å². The maximum Gasteiger partial charge on any atom is 0.275 e. The summed E-state index contributed by atoms with van der Waals surface area (Å²) in [7, 11) is 0. The molecule has 0 aliphatic carbocycles. The molecule has 0 bridgehead atoms. The van der Waals surface area contributed by atoms with Gasteiger partial charge in [-0.15, -0.1) is 16.7 Å². The average molecular weight is 276 g/mol. The van der Waals surface area contributed by atoms with Crippen LogP contribution in [0.25, 0.3) is 0 Å². The third kappa shape index (κ3) is 2.94. The van der Waals surface area contributed by atoms with Gasteiger partial charge >= 0.3 is 0 Å². The molecule has 1 amide bonds. The van der Waals surface area contributed by atoms with E-state index in [-0.39, 0.29) is 17.6 Å². The molecule has 1 aromatic heterocycles. The Morgan fingerprint density at radius 2 is 2.53 bits per heavy atom. The molecule has 94 valence electrons. The summed E-state index contributed by atoms with van der Waals surface area (Å²) in [4.78, 5) is 13.9. The second-order valence-corrected chi connectivity index (χ2v) is 5.55. The van der Waals surface area contributed by atoms with Gasteiger partial charge in [0, 0.05) is 18.5 Å². The van der Waals surface area contributed by atoms with Crippen molar-refractivity contribution in [3.8, 4) is 0 Å². The minimum Gasteiger partial charge on any atom is -0.367 e. The van der Waals surface area contributed by atoms with Crippen molar-refractivity contribution >= 4 is 29.0 Å². The molecule has 1 atom stereocenters. The fourth-order valence-corrected chi connectivity index (χ4v) is 2.54. The highest BCUT2D eigenvalue weighted by Crippen LogP contribution is 2.22. The molecule has 17 heavy (non-hydrogen) atoms. The second-order valence-electron chi connectivity index (χ2n) is 4.63. The maximum atomic E-state index is 12.1. The van der Waals surface area contributed by atoms with Crippen molar-refractivity contribution < 1.29 is 9.53 Å². The lowest BCUT2D eigenvalue weighted by atomic mass is 10.1. The van der Waals surface area contributed by atoms with Gasteiger partial charge in [-0.3, -0.25) is 4.79 Å². The SMILES string of the molecule is CC1(C)CN(C(=O)c2csnn2)CC(CCl)O1. The summed E-state index contributed by atoms with van der Waals surface area (Å²) in [5, 5.41) is 5.45. The van der Waals surface area contributed by atoms with E-state index in [1.165, 1.54) is 11.5 Å². The van der Waals surface area contributed by atoms with Crippen LogP contribution in [0.4, 0.5) is 0 Å². The molecule has 2 heterocycles. The summed E-state index contributed by atoms with van der Waals surface area (Å²) >= 11 is 6.99. The van der Waals surface area contributed by atoms with Crippen LogP contribution in [0.15, 0.2) is 5.38 Å². The van der Waals surface area contributed by atoms with Crippen LogP contribution in [0.5, 0.6) is 0 Å². The van der Waals surface area contributed by atoms with Crippen molar-refractivity contribution in [1.82, 2.24) is 14.5 Å². The molecule has 1 aliphatic rings. The number of carbonyl (C=O) groups excluding carboxylic acids is 1. The minimum absolute atomic E-state index is 0.106. The summed E-state index contributed by atoms with van der Waals surface area (Å²) in [5.74, 6) is 0.271. The van der Waals surface area contributed by atoms with Crippen molar-refractivity contribution in [2.45, 2.75) is 25.6 Å². The molecule has 1 unspecified atom stereocenters. The van der Waals surface area contributed by atoms with E-state index in [9.17, 15) is 4.79 Å². The molecule has 0 aromatic carbocycles. The zero-order chi connectivity index (χ0) is 12.5. The Balaban J connectivity index is 2.12. The van der Waals surface area contributed by atoms with Gasteiger partial charge in [-0.05, 0) is 25.4 Å². The summed E-state index contributed by atoms with van der Waals surface area (Å²) in [6.07, 6.45) is -0.129. The zero-order valence-corrected chi connectivity index (χ0v) is 11.3. The Kier molecular flexibility index (Phi) is 3.65. The number of amides is 1. The van der Waals surface area contributed by atoms with E-state index in [0.717, 1.165) is 0 Å². The molecule has 1 aliphatic heterocycles. The topological polar surface area (TPSA) is 55.3 Å². The summed E-state index contributed by atoms with van der Waals surface area (Å²) in [5.41, 5.74) is 0.0118. The van der Waals surface area contributed by atoms with E-state index in [4.69, 9.17) is 16.3 Å². The second kappa shape index (κ2) is 4.88. The summed E-state index contributed by atoms with van der Waals surface area (Å²) < 4.78 is 9.46. The van der Waals surface area contributed by atoms with Gasteiger partial charge in [-0.2, -0.15) is 0 Å². The lowest BCUT2D eigenvalue weighted by Gasteiger charge is -2.42. The van der Waals surface area contributed by atoms with Gasteiger partial charge in [0.1, 0.15) is 0 Å². The Morgan fingerprint density at radius 3 is 3.12 bits per heavy atom. The fourth-order valence-electron chi connectivity index (χ4n) is 1.95. The van der Waals surface area contributed by atoms with Crippen LogP contribution in [-0.4, -0.2) is 51.1 Å². The van der Waals surface area contributed by atoms with Crippen LogP contribution >= 0.6 is 23.1 Å². The van der Waals surface area contributed by atoms with E-state index in [0.29, 0.717) is 24.7 Å². The predicted octanol–water partition coefficient (Wildman–Crippen LogP) is 1.40. The highest BCUT2D eigenvalue weighted by Gasteiger charge is 2.36. The molecule has 2 rings (SSSR count). The van der Waals surface area contributed by atoms with Crippen LogP contribution in [-0.2, 0) is 4.74 Å². The molecule has 0 radical (unpaired) electrons. The van der Waals surface area contributed by atoms with E-state index in [1.54, 1.807) is 10.3 Å². The molecular weight excluding hydrogens is 262 g/mol. The standard InChI is InChI=1S/C10H14ClN3O2S/c1-10(2)6-14(4-7(3-11)16-10)9(15)8-5-17-13-12-8/h5,7H,3-4,6H2,1-2H3. The van der Waals surface area contributed by atoms with Crippen molar-refractivity contribution in [3.05, 3.63) is 11.1 Å². The van der Waals surface area contributed by atoms with Gasteiger partial charge < -0.3 is 9.64 Å².